The lowest BCUT2D eigenvalue weighted by Crippen LogP contribution is -2.37. The van der Waals surface area contributed by atoms with Gasteiger partial charge in [0, 0.05) is 12.7 Å². The number of anilines is 1. The second-order valence-electron chi connectivity index (χ2n) is 6.39. The molecule has 30 heavy (non-hydrogen) atoms. The molecule has 3 rings (SSSR count). The second kappa shape index (κ2) is 9.55. The van der Waals surface area contributed by atoms with Gasteiger partial charge in [0.25, 0.3) is 5.56 Å². The number of nitrogens with one attached hydrogen (secondary N) is 2. The van der Waals surface area contributed by atoms with Crippen molar-refractivity contribution < 1.29 is 9.53 Å². The van der Waals surface area contributed by atoms with Crippen LogP contribution in [-0.2, 0) is 17.7 Å². The van der Waals surface area contributed by atoms with E-state index in [0.29, 0.717) is 11.0 Å². The van der Waals surface area contributed by atoms with Crippen molar-refractivity contribution in [3.63, 3.8) is 0 Å². The Bertz CT molecular complexity index is 1150. The Kier molecular flexibility index (Phi) is 6.85. The number of methoxy groups -OCH3 is 1. The van der Waals surface area contributed by atoms with E-state index in [9.17, 15) is 14.4 Å². The van der Waals surface area contributed by atoms with Crippen molar-refractivity contribution >= 4 is 23.4 Å². The van der Waals surface area contributed by atoms with Crippen LogP contribution >= 0.6 is 11.8 Å². The summed E-state index contributed by atoms with van der Waals surface area (Å²) >= 11 is 1.07. The third-order valence-corrected chi connectivity index (χ3v) is 5.32. The topological polar surface area (TPSA) is 149 Å². The van der Waals surface area contributed by atoms with E-state index in [1.807, 2.05) is 24.3 Å². The highest BCUT2D eigenvalue weighted by Crippen LogP contribution is 2.21. The van der Waals surface area contributed by atoms with Gasteiger partial charge in [-0.15, -0.1) is 5.10 Å². The largest absolute Gasteiger partial charge is 0.384 e. The Morgan fingerprint density at radius 1 is 1.27 bits per heavy atom. The molecule has 4 N–H and O–H groups in total. The number of aromatic nitrogens is 5. The van der Waals surface area contributed by atoms with Gasteiger partial charge in [0.15, 0.2) is 11.6 Å². The number of ether oxygens (including phenoxy) is 1. The number of hydrogen-bond acceptors (Lipinski definition) is 8. The van der Waals surface area contributed by atoms with Crippen LogP contribution in [0.15, 0.2) is 39.0 Å². The van der Waals surface area contributed by atoms with Gasteiger partial charge in [0.05, 0.1) is 18.9 Å². The number of aryl methyl sites for hydroxylation is 1. The SMILES string of the molecule is CCc1ccc(-c2nc(SCC(=O)c3c(N)n(CCOC)c(=O)[nH]c3=O)n[nH]2)cc1. The molecule has 0 fully saturated rings. The van der Waals surface area contributed by atoms with E-state index in [0.717, 1.165) is 28.3 Å². The van der Waals surface area contributed by atoms with Gasteiger partial charge in [-0.2, -0.15) is 0 Å². The lowest BCUT2D eigenvalue weighted by molar-refractivity contribution is 0.102. The van der Waals surface area contributed by atoms with E-state index in [1.54, 1.807) is 0 Å². The molecule has 2 heterocycles. The number of nitrogens with zero attached hydrogens (tertiary/aromatic N) is 3. The minimum atomic E-state index is -0.816. The Labute approximate surface area is 175 Å². The summed E-state index contributed by atoms with van der Waals surface area (Å²) in [5.74, 6) is -0.235. The minimum Gasteiger partial charge on any atom is -0.384 e. The van der Waals surface area contributed by atoms with Crippen molar-refractivity contribution in [3.05, 3.63) is 56.2 Å². The molecule has 0 aliphatic heterocycles. The number of carbonyl (C=O) groups is 1. The minimum absolute atomic E-state index is 0.109. The molecule has 0 amide bonds. The number of benzene rings is 1. The molecule has 0 aliphatic carbocycles. The first-order valence-corrected chi connectivity index (χ1v) is 10.2. The maximum absolute atomic E-state index is 12.6. The fourth-order valence-corrected chi connectivity index (χ4v) is 3.47. The van der Waals surface area contributed by atoms with Gasteiger partial charge in [-0.05, 0) is 12.0 Å². The van der Waals surface area contributed by atoms with E-state index >= 15 is 0 Å². The average Bonchev–Trinajstić information content (AvgIpc) is 3.21. The van der Waals surface area contributed by atoms with Crippen molar-refractivity contribution in [1.29, 1.82) is 0 Å². The molecule has 158 valence electrons. The quantitative estimate of drug-likeness (QED) is 0.337. The first-order chi connectivity index (χ1) is 14.4. The van der Waals surface area contributed by atoms with E-state index in [-0.39, 0.29) is 30.3 Å². The lowest BCUT2D eigenvalue weighted by atomic mass is 10.1. The molecular weight excluding hydrogens is 408 g/mol. The van der Waals surface area contributed by atoms with Crippen LogP contribution in [0.25, 0.3) is 11.4 Å². The molecule has 0 aliphatic rings. The number of nitrogens with two attached hydrogens (primary N) is 1. The molecular formula is C19H22N6O4S. The molecule has 0 unspecified atom stereocenters. The van der Waals surface area contributed by atoms with Crippen LogP contribution in [0.5, 0.6) is 0 Å². The Balaban J connectivity index is 1.74. The molecule has 0 radical (unpaired) electrons. The molecule has 0 saturated carbocycles. The number of H-pyrrole nitrogens is 2. The van der Waals surface area contributed by atoms with Gasteiger partial charge in [-0.1, -0.05) is 43.0 Å². The summed E-state index contributed by atoms with van der Waals surface area (Å²) in [4.78, 5) is 43.2. The van der Waals surface area contributed by atoms with E-state index in [4.69, 9.17) is 10.5 Å². The number of Topliss-reactive ketones (excluding diaryl/α,β-unsaturated/α-hetero) is 1. The smallest absolute Gasteiger partial charge is 0.330 e. The van der Waals surface area contributed by atoms with Crippen molar-refractivity contribution in [2.75, 3.05) is 25.2 Å². The number of rotatable bonds is 9. The first kappa shape index (κ1) is 21.5. The molecule has 2 aromatic heterocycles. The van der Waals surface area contributed by atoms with Gasteiger partial charge in [0.2, 0.25) is 5.16 Å². The zero-order valence-corrected chi connectivity index (χ0v) is 17.4. The van der Waals surface area contributed by atoms with Crippen molar-refractivity contribution in [2.24, 2.45) is 0 Å². The highest BCUT2D eigenvalue weighted by Gasteiger charge is 2.20. The van der Waals surface area contributed by atoms with Gasteiger partial charge < -0.3 is 10.5 Å². The van der Waals surface area contributed by atoms with Crippen LogP contribution in [0.2, 0.25) is 0 Å². The monoisotopic (exact) mass is 430 g/mol. The van der Waals surface area contributed by atoms with Gasteiger partial charge in [-0.3, -0.25) is 24.2 Å². The lowest BCUT2D eigenvalue weighted by Gasteiger charge is -2.11. The molecule has 3 aromatic rings. The molecule has 0 bridgehead atoms. The maximum atomic E-state index is 12.6. The van der Waals surface area contributed by atoms with E-state index < -0.39 is 17.0 Å². The number of thioether (sulfide) groups is 1. The third-order valence-electron chi connectivity index (χ3n) is 4.47. The summed E-state index contributed by atoms with van der Waals surface area (Å²) in [6.45, 7) is 2.40. The second-order valence-corrected chi connectivity index (χ2v) is 7.34. The third kappa shape index (κ3) is 4.69. The van der Waals surface area contributed by atoms with E-state index in [2.05, 4.69) is 27.1 Å². The summed E-state index contributed by atoms with van der Waals surface area (Å²) in [6.07, 6.45) is 0.945. The predicted octanol–water partition coefficient (Wildman–Crippen LogP) is 1.09. The van der Waals surface area contributed by atoms with Gasteiger partial charge in [-0.25, -0.2) is 9.78 Å². The van der Waals surface area contributed by atoms with Gasteiger partial charge >= 0.3 is 5.69 Å². The number of hydrogen-bond donors (Lipinski definition) is 3. The van der Waals surface area contributed by atoms with Crippen LogP contribution in [0.1, 0.15) is 22.8 Å². The Morgan fingerprint density at radius 2 is 2.00 bits per heavy atom. The maximum Gasteiger partial charge on any atom is 0.330 e. The van der Waals surface area contributed by atoms with Crippen LogP contribution < -0.4 is 17.0 Å². The zero-order chi connectivity index (χ0) is 21.7. The highest BCUT2D eigenvalue weighted by atomic mass is 32.2. The Hall–Kier alpha value is -3.18. The summed E-state index contributed by atoms with van der Waals surface area (Å²) < 4.78 is 6.03. The van der Waals surface area contributed by atoms with Crippen LogP contribution in [-0.4, -0.2) is 50.0 Å². The van der Waals surface area contributed by atoms with E-state index in [1.165, 1.54) is 12.7 Å². The fraction of sp³-hybridized carbons (Fsp3) is 0.316. The number of carbonyl (C=O) groups excluding carboxylic acids is 1. The summed E-state index contributed by atoms with van der Waals surface area (Å²) in [5.41, 5.74) is 6.25. The average molecular weight is 430 g/mol. The standard InChI is InChI=1S/C19H22N6O4S/c1-3-11-4-6-12(7-5-11)16-21-18(24-23-16)30-10-13(26)14-15(20)25(8-9-29-2)19(28)22-17(14)27/h4-7H,3,8-10,20H2,1-2H3,(H,21,23,24)(H,22,27,28). The van der Waals surface area contributed by atoms with Crippen molar-refractivity contribution in [2.45, 2.75) is 25.0 Å². The molecule has 11 heteroatoms. The van der Waals surface area contributed by atoms with Crippen LogP contribution in [0, 0.1) is 0 Å². The molecule has 1 aromatic carbocycles. The fourth-order valence-electron chi connectivity index (χ4n) is 2.80. The number of ketones is 1. The molecule has 0 spiro atoms. The predicted molar refractivity (Wildman–Crippen MR) is 114 cm³/mol. The number of aromatic amines is 2. The molecule has 0 saturated heterocycles. The van der Waals surface area contributed by atoms with Crippen molar-refractivity contribution in [1.82, 2.24) is 24.7 Å². The normalized spacial score (nSPS) is 11.0. The van der Waals surface area contributed by atoms with Crippen molar-refractivity contribution in [3.8, 4) is 11.4 Å². The first-order valence-electron chi connectivity index (χ1n) is 9.23. The van der Waals surface area contributed by atoms with Gasteiger partial charge in [0.1, 0.15) is 11.4 Å². The summed E-state index contributed by atoms with van der Waals surface area (Å²) in [5, 5.41) is 7.31. The Morgan fingerprint density at radius 3 is 2.67 bits per heavy atom. The van der Waals surface area contributed by atoms with Crippen LogP contribution in [0.3, 0.4) is 0 Å². The molecule has 10 nitrogen and oxygen atoms in total. The summed E-state index contributed by atoms with van der Waals surface area (Å²) in [6, 6.07) is 7.92. The zero-order valence-electron chi connectivity index (χ0n) is 16.6. The molecule has 0 atom stereocenters. The summed E-state index contributed by atoms with van der Waals surface area (Å²) in [7, 11) is 1.47. The van der Waals surface area contributed by atoms with Crippen LogP contribution in [0.4, 0.5) is 5.82 Å². The highest BCUT2D eigenvalue weighted by molar-refractivity contribution is 7.99. The number of nitrogen functional groups attached to an aromatic ring is 1.